The van der Waals surface area contributed by atoms with E-state index in [0.717, 1.165) is 5.76 Å². The molecule has 0 saturated carbocycles. The second-order valence-corrected chi connectivity index (χ2v) is 5.80. The van der Waals surface area contributed by atoms with Crippen molar-refractivity contribution in [2.45, 2.75) is 39.8 Å². The van der Waals surface area contributed by atoms with Crippen LogP contribution >= 0.6 is 0 Å². The summed E-state index contributed by atoms with van der Waals surface area (Å²) < 4.78 is 5.24. The van der Waals surface area contributed by atoms with Gasteiger partial charge in [-0.3, -0.25) is 9.59 Å². The lowest BCUT2D eigenvalue weighted by molar-refractivity contribution is -0.129. The second-order valence-electron chi connectivity index (χ2n) is 5.80. The zero-order valence-electron chi connectivity index (χ0n) is 12.3. The molecule has 1 aromatic rings. The van der Waals surface area contributed by atoms with Crippen LogP contribution in [0.25, 0.3) is 0 Å². The molecule has 5 heteroatoms. The summed E-state index contributed by atoms with van der Waals surface area (Å²) in [5.41, 5.74) is 0. The van der Waals surface area contributed by atoms with Crippen LogP contribution in [0, 0.1) is 11.8 Å². The second kappa shape index (κ2) is 6.11. The van der Waals surface area contributed by atoms with Gasteiger partial charge < -0.3 is 14.6 Å². The highest BCUT2D eigenvalue weighted by Crippen LogP contribution is 2.21. The maximum atomic E-state index is 12.1. The fourth-order valence-electron chi connectivity index (χ4n) is 2.20. The fourth-order valence-corrected chi connectivity index (χ4v) is 2.20. The predicted octanol–water partition coefficient (Wildman–Crippen LogP) is 1.79. The van der Waals surface area contributed by atoms with Gasteiger partial charge in [0.15, 0.2) is 0 Å². The number of nitrogens with one attached hydrogen (secondary N) is 1. The van der Waals surface area contributed by atoms with Crippen molar-refractivity contribution in [2.75, 3.05) is 6.54 Å². The molecule has 1 aromatic heterocycles. The topological polar surface area (TPSA) is 62.6 Å². The van der Waals surface area contributed by atoms with E-state index >= 15 is 0 Å². The standard InChI is InChI=1S/C15H22N2O3/c1-10(2)11(3)16-15(19)12-7-14(18)17(8-12)9-13-5-4-6-20-13/h4-6,10-12H,7-9H2,1-3H3,(H,16,19)/t11-,12-/m0/s1. The number of hydrogen-bond acceptors (Lipinski definition) is 3. The van der Waals surface area contributed by atoms with Crippen molar-refractivity contribution < 1.29 is 14.0 Å². The SMILES string of the molecule is CC(C)[C@H](C)NC(=O)[C@H]1CC(=O)N(Cc2ccco2)C1. The first-order chi connectivity index (χ1) is 9.47. The summed E-state index contributed by atoms with van der Waals surface area (Å²) in [6.07, 6.45) is 1.88. The van der Waals surface area contributed by atoms with Crippen LogP contribution in [0.3, 0.4) is 0 Å². The van der Waals surface area contributed by atoms with E-state index in [1.807, 2.05) is 13.0 Å². The van der Waals surface area contributed by atoms with Gasteiger partial charge in [0.2, 0.25) is 11.8 Å². The Bertz CT molecular complexity index is 467. The summed E-state index contributed by atoms with van der Waals surface area (Å²) in [5, 5.41) is 2.98. The maximum absolute atomic E-state index is 12.1. The minimum Gasteiger partial charge on any atom is -0.467 e. The molecule has 1 saturated heterocycles. The van der Waals surface area contributed by atoms with Gasteiger partial charge in [-0.25, -0.2) is 0 Å². The van der Waals surface area contributed by atoms with Gasteiger partial charge >= 0.3 is 0 Å². The monoisotopic (exact) mass is 278 g/mol. The van der Waals surface area contributed by atoms with Gasteiger partial charge in [0.25, 0.3) is 0 Å². The maximum Gasteiger partial charge on any atom is 0.225 e. The molecule has 0 radical (unpaired) electrons. The predicted molar refractivity (Wildman–Crippen MR) is 74.7 cm³/mol. The van der Waals surface area contributed by atoms with Gasteiger partial charge in [0.1, 0.15) is 5.76 Å². The third kappa shape index (κ3) is 3.40. The number of furan rings is 1. The minimum atomic E-state index is -0.251. The van der Waals surface area contributed by atoms with Crippen molar-refractivity contribution in [2.24, 2.45) is 11.8 Å². The Hall–Kier alpha value is -1.78. The first-order valence-corrected chi connectivity index (χ1v) is 7.08. The van der Waals surface area contributed by atoms with Crippen molar-refractivity contribution in [3.63, 3.8) is 0 Å². The van der Waals surface area contributed by atoms with E-state index in [2.05, 4.69) is 19.2 Å². The van der Waals surface area contributed by atoms with Crippen LogP contribution in [0.1, 0.15) is 33.0 Å². The quantitative estimate of drug-likeness (QED) is 0.893. The number of amides is 2. The molecule has 0 unspecified atom stereocenters. The van der Waals surface area contributed by atoms with Crippen molar-refractivity contribution >= 4 is 11.8 Å². The van der Waals surface area contributed by atoms with Crippen LogP contribution in [0.4, 0.5) is 0 Å². The Morgan fingerprint density at radius 1 is 1.50 bits per heavy atom. The molecule has 0 bridgehead atoms. The molecule has 2 heterocycles. The lowest BCUT2D eigenvalue weighted by Crippen LogP contribution is -2.40. The van der Waals surface area contributed by atoms with E-state index in [4.69, 9.17) is 4.42 Å². The zero-order valence-corrected chi connectivity index (χ0v) is 12.3. The molecule has 1 aliphatic rings. The minimum absolute atomic E-state index is 0.0127. The Labute approximate surface area is 119 Å². The summed E-state index contributed by atoms with van der Waals surface area (Å²) >= 11 is 0. The highest BCUT2D eigenvalue weighted by molar-refractivity contribution is 5.89. The van der Waals surface area contributed by atoms with Crippen LogP contribution < -0.4 is 5.32 Å². The molecular formula is C15H22N2O3. The van der Waals surface area contributed by atoms with Gasteiger partial charge in [0, 0.05) is 19.0 Å². The first-order valence-electron chi connectivity index (χ1n) is 7.08. The summed E-state index contributed by atoms with van der Waals surface area (Å²) in [5.74, 6) is 0.865. The van der Waals surface area contributed by atoms with E-state index in [9.17, 15) is 9.59 Å². The first kappa shape index (κ1) is 14.6. The van der Waals surface area contributed by atoms with Gasteiger partial charge in [-0.1, -0.05) is 13.8 Å². The molecule has 2 amide bonds. The van der Waals surface area contributed by atoms with E-state index in [-0.39, 0.29) is 30.2 Å². The number of carbonyl (C=O) groups is 2. The van der Waals surface area contributed by atoms with E-state index in [0.29, 0.717) is 19.0 Å². The van der Waals surface area contributed by atoms with Crippen LogP contribution in [-0.4, -0.2) is 29.3 Å². The molecule has 110 valence electrons. The lowest BCUT2D eigenvalue weighted by atomic mass is 10.0. The Morgan fingerprint density at radius 3 is 2.85 bits per heavy atom. The molecular weight excluding hydrogens is 256 g/mol. The molecule has 0 aromatic carbocycles. The summed E-state index contributed by atoms with van der Waals surface area (Å²) in [7, 11) is 0. The van der Waals surface area contributed by atoms with Gasteiger partial charge in [0.05, 0.1) is 18.7 Å². The molecule has 0 aliphatic carbocycles. The third-order valence-corrected chi connectivity index (χ3v) is 3.88. The summed E-state index contributed by atoms with van der Waals surface area (Å²) in [6, 6.07) is 3.75. The number of likely N-dealkylation sites (tertiary alicyclic amines) is 1. The average Bonchev–Trinajstić information content (AvgIpc) is 3.00. The van der Waals surface area contributed by atoms with E-state index in [1.54, 1.807) is 17.2 Å². The van der Waals surface area contributed by atoms with Crippen molar-refractivity contribution in [1.82, 2.24) is 10.2 Å². The van der Waals surface area contributed by atoms with E-state index < -0.39 is 0 Å². The normalized spacial score (nSPS) is 20.5. The molecule has 1 fully saturated rings. The molecule has 0 spiro atoms. The van der Waals surface area contributed by atoms with Crippen LogP contribution in [0.15, 0.2) is 22.8 Å². The largest absolute Gasteiger partial charge is 0.467 e. The highest BCUT2D eigenvalue weighted by atomic mass is 16.3. The number of rotatable bonds is 5. The van der Waals surface area contributed by atoms with Gasteiger partial charge in [-0.2, -0.15) is 0 Å². The van der Waals surface area contributed by atoms with Crippen molar-refractivity contribution in [1.29, 1.82) is 0 Å². The molecule has 2 rings (SSSR count). The number of hydrogen-bond donors (Lipinski definition) is 1. The Morgan fingerprint density at radius 2 is 2.25 bits per heavy atom. The highest BCUT2D eigenvalue weighted by Gasteiger charge is 2.35. The molecule has 1 aliphatic heterocycles. The van der Waals surface area contributed by atoms with Gasteiger partial charge in [-0.05, 0) is 25.0 Å². The van der Waals surface area contributed by atoms with Gasteiger partial charge in [-0.15, -0.1) is 0 Å². The van der Waals surface area contributed by atoms with Crippen molar-refractivity contribution in [3.05, 3.63) is 24.2 Å². The molecule has 1 N–H and O–H groups in total. The lowest BCUT2D eigenvalue weighted by Gasteiger charge is -2.20. The van der Waals surface area contributed by atoms with Crippen LogP contribution in [0.2, 0.25) is 0 Å². The van der Waals surface area contributed by atoms with Crippen molar-refractivity contribution in [3.8, 4) is 0 Å². The Kier molecular flexibility index (Phi) is 4.47. The Balaban J connectivity index is 1.89. The molecule has 20 heavy (non-hydrogen) atoms. The summed E-state index contributed by atoms with van der Waals surface area (Å²) in [4.78, 5) is 25.8. The zero-order chi connectivity index (χ0) is 14.7. The van der Waals surface area contributed by atoms with Crippen LogP contribution in [-0.2, 0) is 16.1 Å². The third-order valence-electron chi connectivity index (χ3n) is 3.88. The fraction of sp³-hybridized carbons (Fsp3) is 0.600. The van der Waals surface area contributed by atoms with E-state index in [1.165, 1.54) is 0 Å². The molecule has 5 nitrogen and oxygen atoms in total. The molecule has 2 atom stereocenters. The smallest absolute Gasteiger partial charge is 0.225 e. The van der Waals surface area contributed by atoms with Crippen LogP contribution in [0.5, 0.6) is 0 Å². The average molecular weight is 278 g/mol. The number of nitrogens with zero attached hydrogens (tertiary/aromatic N) is 1. The number of carbonyl (C=O) groups excluding carboxylic acids is 2. The summed E-state index contributed by atoms with van der Waals surface area (Å²) in [6.45, 7) is 7.02.